The molecule has 2 heterocycles. The zero-order valence-corrected chi connectivity index (χ0v) is 24.2. The van der Waals surface area contributed by atoms with E-state index in [0.717, 1.165) is 66.1 Å². The molecule has 0 N–H and O–H groups in total. The van der Waals surface area contributed by atoms with E-state index in [9.17, 15) is 10.5 Å². The van der Waals surface area contributed by atoms with Crippen molar-refractivity contribution in [3.05, 3.63) is 155 Å². The smallest absolute Gasteiger partial charge is 0.206 e. The molecule has 0 fully saturated rings. The highest BCUT2D eigenvalue weighted by Crippen LogP contribution is 2.39. The Morgan fingerprint density at radius 1 is 0.457 bits per heavy atom. The van der Waals surface area contributed by atoms with E-state index in [0.29, 0.717) is 22.5 Å². The maximum absolute atomic E-state index is 9.69. The van der Waals surface area contributed by atoms with E-state index in [4.69, 9.17) is 13.1 Å². The van der Waals surface area contributed by atoms with Crippen LogP contribution in [0, 0.1) is 35.8 Å². The molecular weight excluding hydrogens is 564 g/mol. The van der Waals surface area contributed by atoms with Crippen LogP contribution >= 0.6 is 0 Å². The number of para-hydroxylation sites is 2. The summed E-state index contributed by atoms with van der Waals surface area (Å²) < 4.78 is 4.30. The molecule has 0 radical (unpaired) electrons. The second-order valence-electron chi connectivity index (χ2n) is 11.0. The molecule has 0 bridgehead atoms. The van der Waals surface area contributed by atoms with Gasteiger partial charge in [0.15, 0.2) is 0 Å². The fourth-order valence-electron chi connectivity index (χ4n) is 6.56. The van der Waals surface area contributed by atoms with Crippen LogP contribution < -0.4 is 0 Å². The van der Waals surface area contributed by atoms with Crippen molar-refractivity contribution < 1.29 is 0 Å². The van der Waals surface area contributed by atoms with Crippen molar-refractivity contribution in [2.75, 3.05) is 0 Å². The predicted octanol–water partition coefficient (Wildman–Crippen LogP) is 10.4. The molecule has 6 nitrogen and oxygen atoms in total. The van der Waals surface area contributed by atoms with Crippen LogP contribution in [0.15, 0.2) is 121 Å². The van der Waals surface area contributed by atoms with Crippen LogP contribution in [0.25, 0.3) is 75.8 Å². The Morgan fingerprint density at radius 3 is 1.50 bits per heavy atom. The molecule has 0 amide bonds. The van der Waals surface area contributed by atoms with Crippen molar-refractivity contribution in [2.45, 2.75) is 0 Å². The van der Waals surface area contributed by atoms with Gasteiger partial charge in [0, 0.05) is 32.9 Å². The second kappa shape index (κ2) is 10.3. The highest BCUT2D eigenvalue weighted by Gasteiger charge is 2.17. The minimum Gasteiger partial charge on any atom is -0.311 e. The minimum atomic E-state index is 0.334. The first-order chi connectivity index (χ1) is 22.6. The summed E-state index contributed by atoms with van der Waals surface area (Å²) in [5.74, 6) is 0. The average molecular weight is 585 g/mol. The summed E-state index contributed by atoms with van der Waals surface area (Å²) in [4.78, 5) is 7.10. The summed E-state index contributed by atoms with van der Waals surface area (Å²) in [5.41, 5.74) is 9.29. The van der Waals surface area contributed by atoms with Crippen molar-refractivity contribution in [2.24, 2.45) is 0 Å². The fourth-order valence-corrected chi connectivity index (χ4v) is 6.56. The second-order valence-corrected chi connectivity index (χ2v) is 11.0. The molecule has 0 saturated heterocycles. The van der Waals surface area contributed by atoms with Crippen molar-refractivity contribution in [1.29, 1.82) is 10.5 Å². The number of aromatic nitrogens is 2. The molecule has 6 heteroatoms. The molecule has 6 aromatic carbocycles. The van der Waals surface area contributed by atoms with E-state index < -0.39 is 0 Å². The number of benzene rings is 6. The van der Waals surface area contributed by atoms with Crippen LogP contribution in [0.3, 0.4) is 0 Å². The number of hydrogen-bond donors (Lipinski definition) is 0. The monoisotopic (exact) mass is 584 g/mol. The maximum atomic E-state index is 9.69. The van der Waals surface area contributed by atoms with Crippen LogP contribution in [-0.2, 0) is 0 Å². The molecule has 8 aromatic rings. The number of rotatable bonds is 3. The molecule has 46 heavy (non-hydrogen) atoms. The first-order valence-corrected chi connectivity index (χ1v) is 14.5. The predicted molar refractivity (Wildman–Crippen MR) is 183 cm³/mol. The summed E-state index contributed by atoms with van der Waals surface area (Å²) >= 11 is 0. The zero-order valence-electron chi connectivity index (χ0n) is 24.2. The standard InChI is InChI=1S/C40H20N6/c1-43-35-16-15-29(19-28(35)24-42)45-37-9-5-3-7-31(37)33-20-25(12-17-39(33)45)26-13-18-40-34(21-26)32-8-4-6-10-38(32)46(40)30-14-11-27(23-41)36(22-30)44-2/h3-22H. The van der Waals surface area contributed by atoms with E-state index in [1.54, 1.807) is 24.3 Å². The van der Waals surface area contributed by atoms with Crippen molar-refractivity contribution >= 4 is 55.0 Å². The summed E-state index contributed by atoms with van der Waals surface area (Å²) in [5, 5.41) is 23.5. The Hall–Kier alpha value is -7.12. The van der Waals surface area contributed by atoms with Gasteiger partial charge in [-0.15, -0.1) is 0 Å². The van der Waals surface area contributed by atoms with E-state index in [1.807, 2.05) is 36.4 Å². The van der Waals surface area contributed by atoms with E-state index in [2.05, 4.69) is 91.6 Å². The van der Waals surface area contributed by atoms with E-state index in [-0.39, 0.29) is 0 Å². The van der Waals surface area contributed by atoms with Crippen LogP contribution in [0.2, 0.25) is 0 Å². The van der Waals surface area contributed by atoms with Crippen LogP contribution in [0.5, 0.6) is 0 Å². The van der Waals surface area contributed by atoms with Gasteiger partial charge in [-0.25, -0.2) is 9.69 Å². The normalized spacial score (nSPS) is 11.0. The Bertz CT molecular complexity index is 2560. The van der Waals surface area contributed by atoms with Gasteiger partial charge in [0.05, 0.1) is 58.5 Å². The van der Waals surface area contributed by atoms with Gasteiger partial charge in [-0.3, -0.25) is 0 Å². The molecule has 0 spiro atoms. The first kappa shape index (κ1) is 26.5. The van der Waals surface area contributed by atoms with Gasteiger partial charge in [0.25, 0.3) is 0 Å². The van der Waals surface area contributed by atoms with Crippen LogP contribution in [-0.4, -0.2) is 9.13 Å². The average Bonchev–Trinajstić information content (AvgIpc) is 3.63. The molecule has 2 aromatic heterocycles. The maximum Gasteiger partial charge on any atom is 0.206 e. The van der Waals surface area contributed by atoms with Crippen molar-refractivity contribution in [1.82, 2.24) is 9.13 Å². The van der Waals surface area contributed by atoms with Crippen LogP contribution in [0.1, 0.15) is 11.1 Å². The van der Waals surface area contributed by atoms with Crippen LogP contribution in [0.4, 0.5) is 11.4 Å². The molecule has 0 aliphatic rings. The molecular formula is C40H20N6. The zero-order chi connectivity index (χ0) is 31.4. The molecule has 0 atom stereocenters. The third-order valence-corrected chi connectivity index (χ3v) is 8.64. The SMILES string of the molecule is [C-]#[N+]c1ccc(-n2c3ccccc3c3cc(-c4ccc5c(c4)c4ccccc4n5-c4ccc(C#N)c([N+]#[C-])c4)ccc32)cc1C#N. The number of nitrogens with zero attached hydrogens (tertiary/aromatic N) is 6. The Morgan fingerprint density at radius 2 is 0.957 bits per heavy atom. The van der Waals surface area contributed by atoms with Gasteiger partial charge in [0.1, 0.15) is 0 Å². The van der Waals surface area contributed by atoms with Gasteiger partial charge in [0.2, 0.25) is 11.4 Å². The molecule has 0 aliphatic heterocycles. The number of hydrogen-bond acceptors (Lipinski definition) is 2. The van der Waals surface area contributed by atoms with Crippen molar-refractivity contribution in [3.8, 4) is 34.6 Å². The Balaban J connectivity index is 1.32. The summed E-state index contributed by atoms with van der Waals surface area (Å²) in [6.45, 7) is 15.0. The molecule has 210 valence electrons. The molecule has 8 rings (SSSR count). The summed E-state index contributed by atoms with van der Waals surface area (Å²) in [7, 11) is 0. The summed E-state index contributed by atoms with van der Waals surface area (Å²) in [6, 6.07) is 44.5. The lowest BCUT2D eigenvalue weighted by Gasteiger charge is -2.10. The number of fused-ring (bicyclic) bond motifs is 6. The Kier molecular flexibility index (Phi) is 5.91. The van der Waals surface area contributed by atoms with E-state index in [1.165, 1.54) is 0 Å². The lowest BCUT2D eigenvalue weighted by Crippen LogP contribution is -1.94. The van der Waals surface area contributed by atoms with Gasteiger partial charge < -0.3 is 9.13 Å². The molecule has 0 saturated carbocycles. The van der Waals surface area contributed by atoms with Gasteiger partial charge >= 0.3 is 0 Å². The fraction of sp³-hybridized carbons (Fsp3) is 0. The number of nitriles is 2. The third-order valence-electron chi connectivity index (χ3n) is 8.64. The van der Waals surface area contributed by atoms with Gasteiger partial charge in [-0.1, -0.05) is 60.7 Å². The lowest BCUT2D eigenvalue weighted by molar-refractivity contribution is 1.18. The van der Waals surface area contributed by atoms with E-state index >= 15 is 0 Å². The minimum absolute atomic E-state index is 0.334. The van der Waals surface area contributed by atoms with Gasteiger partial charge in [-0.2, -0.15) is 10.5 Å². The van der Waals surface area contributed by atoms with Crippen molar-refractivity contribution in [3.63, 3.8) is 0 Å². The first-order valence-electron chi connectivity index (χ1n) is 14.5. The topological polar surface area (TPSA) is 66.2 Å². The molecule has 0 aliphatic carbocycles. The van der Waals surface area contributed by atoms with Gasteiger partial charge in [-0.05, 0) is 71.8 Å². The highest BCUT2D eigenvalue weighted by atomic mass is 15.0. The molecule has 0 unspecified atom stereocenters. The largest absolute Gasteiger partial charge is 0.311 e. The lowest BCUT2D eigenvalue weighted by atomic mass is 10.0. The summed E-state index contributed by atoms with van der Waals surface area (Å²) in [6.07, 6.45) is 0. The quantitative estimate of drug-likeness (QED) is 0.194. The third kappa shape index (κ3) is 3.86. The Labute approximate surface area is 264 Å². The highest BCUT2D eigenvalue weighted by molar-refractivity contribution is 6.12.